The molecule has 17 heavy (non-hydrogen) atoms. The lowest BCUT2D eigenvalue weighted by Crippen LogP contribution is -2.03. The number of pyridine rings is 2. The molecule has 0 saturated heterocycles. The molecule has 2 aromatic heterocycles. The molecule has 2 heterocycles. The van der Waals surface area contributed by atoms with Gasteiger partial charge in [0.15, 0.2) is 0 Å². The zero-order valence-corrected chi connectivity index (χ0v) is 12.3. The van der Waals surface area contributed by atoms with Crippen molar-refractivity contribution in [2.45, 2.75) is 9.79 Å². The Morgan fingerprint density at radius 3 is 1.59 bits per heavy atom. The van der Waals surface area contributed by atoms with Crippen LogP contribution < -0.4 is 0 Å². The first-order chi connectivity index (χ1) is 8.00. The van der Waals surface area contributed by atoms with Crippen molar-refractivity contribution < 1.29 is 8.42 Å². The molecule has 0 radical (unpaired) electrons. The van der Waals surface area contributed by atoms with Crippen molar-refractivity contribution in [3.8, 4) is 0 Å². The van der Waals surface area contributed by atoms with Crippen LogP contribution in [0.4, 0.5) is 0 Å². The van der Waals surface area contributed by atoms with Crippen molar-refractivity contribution >= 4 is 41.7 Å². The Morgan fingerprint density at radius 1 is 0.824 bits per heavy atom. The molecule has 0 atom stereocenters. The minimum Gasteiger partial charge on any atom is -0.262 e. The molecule has 0 aliphatic rings. The van der Waals surface area contributed by atoms with E-state index in [-0.39, 0.29) is 9.79 Å². The fourth-order valence-electron chi connectivity index (χ4n) is 1.21. The molecule has 0 spiro atoms. The van der Waals surface area contributed by atoms with E-state index in [1.54, 1.807) is 0 Å². The van der Waals surface area contributed by atoms with Crippen LogP contribution in [0.25, 0.3) is 0 Å². The highest BCUT2D eigenvalue weighted by Crippen LogP contribution is 2.23. The Morgan fingerprint density at radius 2 is 1.24 bits per heavy atom. The highest BCUT2D eigenvalue weighted by molar-refractivity contribution is 9.10. The van der Waals surface area contributed by atoms with Crippen molar-refractivity contribution in [3.63, 3.8) is 0 Å². The van der Waals surface area contributed by atoms with Gasteiger partial charge in [-0.05, 0) is 44.0 Å². The van der Waals surface area contributed by atoms with Gasteiger partial charge < -0.3 is 0 Å². The molecule has 0 aliphatic carbocycles. The van der Waals surface area contributed by atoms with Gasteiger partial charge in [0.2, 0.25) is 9.84 Å². The number of rotatable bonds is 2. The highest BCUT2D eigenvalue weighted by atomic mass is 79.9. The van der Waals surface area contributed by atoms with E-state index in [2.05, 4.69) is 41.8 Å². The third kappa shape index (κ3) is 2.72. The van der Waals surface area contributed by atoms with Crippen molar-refractivity contribution in [2.24, 2.45) is 0 Å². The molecule has 0 fully saturated rings. The van der Waals surface area contributed by atoms with Crippen LogP contribution in [0.3, 0.4) is 0 Å². The Hall–Kier alpha value is -0.790. The number of nitrogens with zero attached hydrogens (tertiary/aromatic N) is 2. The lowest BCUT2D eigenvalue weighted by molar-refractivity contribution is 0.595. The third-order valence-corrected chi connectivity index (χ3v) is 4.54. The molecule has 4 nitrogen and oxygen atoms in total. The molecule has 88 valence electrons. The summed E-state index contributed by atoms with van der Waals surface area (Å²) in [5.41, 5.74) is 0. The maximum atomic E-state index is 12.2. The number of hydrogen-bond donors (Lipinski definition) is 0. The van der Waals surface area contributed by atoms with E-state index in [4.69, 9.17) is 0 Å². The molecule has 7 heteroatoms. The normalized spacial score (nSPS) is 11.4. The molecular weight excluding hydrogens is 372 g/mol. The van der Waals surface area contributed by atoms with E-state index in [9.17, 15) is 8.42 Å². The zero-order valence-electron chi connectivity index (χ0n) is 8.34. The fraction of sp³-hybridized carbons (Fsp3) is 0. The molecule has 2 aromatic rings. The Balaban J connectivity index is 2.58. The van der Waals surface area contributed by atoms with Gasteiger partial charge in [-0.25, -0.2) is 8.42 Å². The van der Waals surface area contributed by atoms with E-state index in [0.29, 0.717) is 8.95 Å². The predicted octanol–water partition coefficient (Wildman–Crippen LogP) is 2.83. The van der Waals surface area contributed by atoms with Crippen LogP contribution in [-0.4, -0.2) is 18.4 Å². The van der Waals surface area contributed by atoms with Crippen LogP contribution in [0.1, 0.15) is 0 Å². The lowest BCUT2D eigenvalue weighted by atomic mass is 10.5. The Bertz CT molecular complexity index is 607. The molecule has 0 amide bonds. The van der Waals surface area contributed by atoms with Crippen molar-refractivity contribution in [1.29, 1.82) is 0 Å². The number of halogens is 2. The van der Waals surface area contributed by atoms with Gasteiger partial charge in [-0.1, -0.05) is 0 Å². The van der Waals surface area contributed by atoms with Gasteiger partial charge in [0.05, 0.1) is 9.79 Å². The Kier molecular flexibility index (Phi) is 3.60. The summed E-state index contributed by atoms with van der Waals surface area (Å²) in [6.45, 7) is 0. The number of aromatic nitrogens is 2. The lowest BCUT2D eigenvalue weighted by Gasteiger charge is -2.04. The zero-order chi connectivity index (χ0) is 12.5. The molecule has 0 aromatic carbocycles. The molecule has 0 aliphatic heterocycles. The summed E-state index contributed by atoms with van der Waals surface area (Å²) in [6, 6.07) is 3.01. The minimum atomic E-state index is -3.57. The molecule has 0 N–H and O–H groups in total. The van der Waals surface area contributed by atoms with Crippen LogP contribution in [0, 0.1) is 0 Å². The van der Waals surface area contributed by atoms with Crippen LogP contribution in [0.15, 0.2) is 55.7 Å². The number of hydrogen-bond acceptors (Lipinski definition) is 4. The molecule has 0 unspecified atom stereocenters. The predicted molar refractivity (Wildman–Crippen MR) is 69.3 cm³/mol. The fourth-order valence-corrected chi connectivity index (χ4v) is 3.48. The topological polar surface area (TPSA) is 59.9 Å². The quantitative estimate of drug-likeness (QED) is 0.807. The first kappa shape index (κ1) is 12.7. The van der Waals surface area contributed by atoms with Crippen molar-refractivity contribution in [1.82, 2.24) is 9.97 Å². The maximum Gasteiger partial charge on any atom is 0.209 e. The summed E-state index contributed by atoms with van der Waals surface area (Å²) in [6.07, 6.45) is 5.67. The van der Waals surface area contributed by atoms with Gasteiger partial charge in [-0.3, -0.25) is 9.97 Å². The van der Waals surface area contributed by atoms with Crippen LogP contribution >= 0.6 is 31.9 Å². The van der Waals surface area contributed by atoms with Gasteiger partial charge >= 0.3 is 0 Å². The molecule has 0 saturated carbocycles. The van der Waals surface area contributed by atoms with Crippen molar-refractivity contribution in [2.75, 3.05) is 0 Å². The van der Waals surface area contributed by atoms with Gasteiger partial charge in [0, 0.05) is 33.7 Å². The van der Waals surface area contributed by atoms with Crippen molar-refractivity contribution in [3.05, 3.63) is 45.9 Å². The van der Waals surface area contributed by atoms with E-state index >= 15 is 0 Å². The van der Waals surface area contributed by atoms with E-state index < -0.39 is 9.84 Å². The van der Waals surface area contributed by atoms with Crippen LogP contribution in [-0.2, 0) is 9.84 Å². The van der Waals surface area contributed by atoms with Gasteiger partial charge in [0.25, 0.3) is 0 Å². The van der Waals surface area contributed by atoms with Crippen LogP contribution in [0.2, 0.25) is 0 Å². The first-order valence-electron chi connectivity index (χ1n) is 4.46. The second-order valence-corrected chi connectivity index (χ2v) is 6.96. The molecule has 2 rings (SSSR count). The average molecular weight is 378 g/mol. The second kappa shape index (κ2) is 4.83. The summed E-state index contributed by atoms with van der Waals surface area (Å²) < 4.78 is 25.7. The smallest absolute Gasteiger partial charge is 0.209 e. The van der Waals surface area contributed by atoms with Gasteiger partial charge in [0.1, 0.15) is 0 Å². The van der Waals surface area contributed by atoms with Crippen LogP contribution in [0.5, 0.6) is 0 Å². The Labute approximate surface area is 115 Å². The SMILES string of the molecule is O=S(=O)(c1cncc(Br)c1)c1cncc(Br)c1. The largest absolute Gasteiger partial charge is 0.262 e. The monoisotopic (exact) mass is 376 g/mol. The first-order valence-corrected chi connectivity index (χ1v) is 7.53. The summed E-state index contributed by atoms with van der Waals surface area (Å²) in [7, 11) is -3.57. The summed E-state index contributed by atoms with van der Waals surface area (Å²) in [5, 5.41) is 0. The van der Waals surface area contributed by atoms with E-state index in [0.717, 1.165) is 0 Å². The highest BCUT2D eigenvalue weighted by Gasteiger charge is 2.18. The molecular formula is C10H6Br2N2O2S. The summed E-state index contributed by atoms with van der Waals surface area (Å²) >= 11 is 6.38. The van der Waals surface area contributed by atoms with Gasteiger partial charge in [-0.15, -0.1) is 0 Å². The summed E-state index contributed by atoms with van der Waals surface area (Å²) in [5.74, 6) is 0. The average Bonchev–Trinajstić information content (AvgIpc) is 2.29. The standard InChI is InChI=1S/C10H6Br2N2O2S/c11-7-1-9(5-13-3-7)17(15,16)10-2-8(12)4-14-6-10/h1-6H. The van der Waals surface area contributed by atoms with E-state index in [1.807, 2.05) is 0 Å². The second-order valence-electron chi connectivity index (χ2n) is 3.18. The maximum absolute atomic E-state index is 12.2. The minimum absolute atomic E-state index is 0.131. The molecule has 0 bridgehead atoms. The summed E-state index contributed by atoms with van der Waals surface area (Å²) in [4.78, 5) is 7.94. The van der Waals surface area contributed by atoms with Gasteiger partial charge in [-0.2, -0.15) is 0 Å². The number of sulfone groups is 1. The van der Waals surface area contributed by atoms with E-state index in [1.165, 1.54) is 36.9 Å². The third-order valence-electron chi connectivity index (χ3n) is 1.98.